The van der Waals surface area contributed by atoms with Gasteiger partial charge in [-0.15, -0.1) is 11.3 Å². The van der Waals surface area contributed by atoms with Crippen molar-refractivity contribution in [2.75, 3.05) is 13.2 Å². The van der Waals surface area contributed by atoms with Gasteiger partial charge in [0.1, 0.15) is 4.88 Å². The number of aryl methyl sites for hydroxylation is 2. The fraction of sp³-hybridized carbons (Fsp3) is 0.692. The minimum absolute atomic E-state index is 0.0576. The molecule has 1 aliphatic rings. The zero-order valence-electron chi connectivity index (χ0n) is 11.0. The molecule has 100 valence electrons. The first-order valence-electron chi connectivity index (χ1n) is 6.39. The van der Waals surface area contributed by atoms with E-state index in [0.29, 0.717) is 11.4 Å². The van der Waals surface area contributed by atoms with Crippen LogP contribution in [0.5, 0.6) is 0 Å². The largest absolute Gasteiger partial charge is 0.396 e. The lowest BCUT2D eigenvalue weighted by Crippen LogP contribution is -2.38. The summed E-state index contributed by atoms with van der Waals surface area (Å²) >= 11 is 1.43. The molecule has 0 saturated heterocycles. The third kappa shape index (κ3) is 2.72. The van der Waals surface area contributed by atoms with Crippen LogP contribution in [-0.4, -0.2) is 29.1 Å². The van der Waals surface area contributed by atoms with Crippen LogP contribution >= 0.6 is 11.3 Å². The van der Waals surface area contributed by atoms with Crippen molar-refractivity contribution in [3.63, 3.8) is 0 Å². The van der Waals surface area contributed by atoms with Gasteiger partial charge in [-0.25, -0.2) is 4.98 Å². The van der Waals surface area contributed by atoms with E-state index in [1.807, 2.05) is 13.8 Å². The number of thiazole rings is 1. The maximum atomic E-state index is 12.1. The smallest absolute Gasteiger partial charge is 0.263 e. The van der Waals surface area contributed by atoms with Crippen molar-refractivity contribution in [3.8, 4) is 0 Å². The average molecular weight is 268 g/mol. The van der Waals surface area contributed by atoms with E-state index in [0.717, 1.165) is 36.4 Å². The molecular weight excluding hydrogens is 248 g/mol. The van der Waals surface area contributed by atoms with Crippen LogP contribution in [0.25, 0.3) is 0 Å². The molecule has 5 heteroatoms. The second-order valence-corrected chi connectivity index (χ2v) is 6.40. The Bertz CT molecular complexity index is 436. The summed E-state index contributed by atoms with van der Waals surface area (Å²) in [6.45, 7) is 4.49. The molecule has 1 saturated carbocycles. The standard InChI is InChI=1S/C13H20N2O2S/c1-9-11(18-10(2)15-9)12(17)14-7-13(8-16)5-3-4-6-13/h16H,3-8H2,1-2H3,(H,14,17). The average Bonchev–Trinajstić information content (AvgIpc) is 2.94. The van der Waals surface area contributed by atoms with E-state index >= 15 is 0 Å². The topological polar surface area (TPSA) is 62.2 Å². The quantitative estimate of drug-likeness (QED) is 0.878. The second kappa shape index (κ2) is 5.36. The molecule has 0 atom stereocenters. The summed E-state index contributed by atoms with van der Waals surface area (Å²) in [6, 6.07) is 0. The van der Waals surface area contributed by atoms with E-state index in [-0.39, 0.29) is 17.9 Å². The van der Waals surface area contributed by atoms with E-state index in [4.69, 9.17) is 0 Å². The summed E-state index contributed by atoms with van der Waals surface area (Å²) in [7, 11) is 0. The van der Waals surface area contributed by atoms with Crippen molar-refractivity contribution < 1.29 is 9.90 Å². The fourth-order valence-electron chi connectivity index (χ4n) is 2.61. The Labute approximate surface area is 111 Å². The van der Waals surface area contributed by atoms with Gasteiger partial charge in [0, 0.05) is 12.0 Å². The lowest BCUT2D eigenvalue weighted by Gasteiger charge is -2.26. The Hall–Kier alpha value is -0.940. The van der Waals surface area contributed by atoms with Gasteiger partial charge in [0.15, 0.2) is 0 Å². The zero-order valence-corrected chi connectivity index (χ0v) is 11.8. The molecule has 0 radical (unpaired) electrons. The van der Waals surface area contributed by atoms with Gasteiger partial charge in [-0.1, -0.05) is 12.8 Å². The summed E-state index contributed by atoms with van der Waals surface area (Å²) in [5.74, 6) is -0.0576. The van der Waals surface area contributed by atoms with Crippen LogP contribution in [-0.2, 0) is 0 Å². The van der Waals surface area contributed by atoms with E-state index in [1.165, 1.54) is 11.3 Å². The molecule has 0 spiro atoms. The number of nitrogens with one attached hydrogen (secondary N) is 1. The summed E-state index contributed by atoms with van der Waals surface area (Å²) in [5.41, 5.74) is 0.697. The Morgan fingerprint density at radius 3 is 2.61 bits per heavy atom. The second-order valence-electron chi connectivity index (χ2n) is 5.20. The Kier molecular flexibility index (Phi) is 4.02. The van der Waals surface area contributed by atoms with E-state index in [1.54, 1.807) is 0 Å². The molecular formula is C13H20N2O2S. The monoisotopic (exact) mass is 268 g/mol. The molecule has 0 bridgehead atoms. The predicted molar refractivity (Wildman–Crippen MR) is 71.9 cm³/mol. The number of rotatable bonds is 4. The molecule has 0 aromatic carbocycles. The highest BCUT2D eigenvalue weighted by Gasteiger charge is 2.33. The number of amides is 1. The van der Waals surface area contributed by atoms with Crippen molar-refractivity contribution in [1.82, 2.24) is 10.3 Å². The fourth-order valence-corrected chi connectivity index (χ4v) is 3.44. The molecule has 0 aliphatic heterocycles. The van der Waals surface area contributed by atoms with Crippen LogP contribution in [0, 0.1) is 19.3 Å². The lowest BCUT2D eigenvalue weighted by atomic mass is 9.87. The maximum Gasteiger partial charge on any atom is 0.263 e. The molecule has 1 aromatic heterocycles. The van der Waals surface area contributed by atoms with Crippen molar-refractivity contribution in [2.24, 2.45) is 5.41 Å². The van der Waals surface area contributed by atoms with Crippen molar-refractivity contribution >= 4 is 17.2 Å². The molecule has 2 rings (SSSR count). The van der Waals surface area contributed by atoms with Crippen LogP contribution in [0.1, 0.15) is 46.1 Å². The SMILES string of the molecule is Cc1nc(C)c(C(=O)NCC2(CO)CCCC2)s1. The molecule has 1 heterocycles. The first kappa shape index (κ1) is 13.5. The molecule has 1 amide bonds. The zero-order chi connectivity index (χ0) is 13.2. The number of hydrogen-bond acceptors (Lipinski definition) is 4. The van der Waals surface area contributed by atoms with Crippen LogP contribution in [0.3, 0.4) is 0 Å². The van der Waals surface area contributed by atoms with Gasteiger partial charge in [0.2, 0.25) is 0 Å². The molecule has 18 heavy (non-hydrogen) atoms. The summed E-state index contributed by atoms with van der Waals surface area (Å²) in [5, 5.41) is 13.4. The molecule has 4 nitrogen and oxygen atoms in total. The molecule has 1 aromatic rings. The van der Waals surface area contributed by atoms with Gasteiger partial charge in [-0.2, -0.15) is 0 Å². The van der Waals surface area contributed by atoms with E-state index in [9.17, 15) is 9.90 Å². The third-order valence-corrected chi connectivity index (χ3v) is 4.80. The molecule has 1 aliphatic carbocycles. The van der Waals surface area contributed by atoms with E-state index < -0.39 is 0 Å². The Morgan fingerprint density at radius 2 is 2.11 bits per heavy atom. The van der Waals surface area contributed by atoms with Gasteiger partial charge >= 0.3 is 0 Å². The van der Waals surface area contributed by atoms with Gasteiger partial charge in [0.05, 0.1) is 17.3 Å². The van der Waals surface area contributed by atoms with Gasteiger partial charge in [0.25, 0.3) is 5.91 Å². The van der Waals surface area contributed by atoms with Crippen molar-refractivity contribution in [2.45, 2.75) is 39.5 Å². The lowest BCUT2D eigenvalue weighted by molar-refractivity contribution is 0.0883. The summed E-state index contributed by atoms with van der Waals surface area (Å²) in [4.78, 5) is 17.0. The van der Waals surface area contributed by atoms with Crippen LogP contribution in [0.2, 0.25) is 0 Å². The highest BCUT2D eigenvalue weighted by Crippen LogP contribution is 2.37. The Morgan fingerprint density at radius 1 is 1.44 bits per heavy atom. The number of carbonyl (C=O) groups is 1. The minimum Gasteiger partial charge on any atom is -0.396 e. The van der Waals surface area contributed by atoms with Crippen LogP contribution in [0.4, 0.5) is 0 Å². The predicted octanol–water partition coefficient (Wildman–Crippen LogP) is 2.04. The van der Waals surface area contributed by atoms with Crippen LogP contribution < -0.4 is 5.32 Å². The van der Waals surface area contributed by atoms with E-state index in [2.05, 4.69) is 10.3 Å². The first-order chi connectivity index (χ1) is 8.56. The Balaban J connectivity index is 1.98. The molecule has 2 N–H and O–H groups in total. The number of nitrogens with zero attached hydrogens (tertiary/aromatic N) is 1. The van der Waals surface area contributed by atoms with Crippen LogP contribution in [0.15, 0.2) is 0 Å². The van der Waals surface area contributed by atoms with Gasteiger partial charge in [-0.3, -0.25) is 4.79 Å². The number of carbonyl (C=O) groups excluding carboxylic acids is 1. The highest BCUT2D eigenvalue weighted by atomic mass is 32.1. The molecule has 0 unspecified atom stereocenters. The number of aliphatic hydroxyl groups is 1. The summed E-state index contributed by atoms with van der Waals surface area (Å²) in [6.07, 6.45) is 4.30. The van der Waals surface area contributed by atoms with Gasteiger partial charge in [-0.05, 0) is 26.7 Å². The highest BCUT2D eigenvalue weighted by molar-refractivity contribution is 7.13. The number of aliphatic hydroxyl groups excluding tert-OH is 1. The number of hydrogen-bond donors (Lipinski definition) is 2. The normalized spacial score (nSPS) is 17.9. The number of aromatic nitrogens is 1. The van der Waals surface area contributed by atoms with Crippen molar-refractivity contribution in [1.29, 1.82) is 0 Å². The molecule has 1 fully saturated rings. The summed E-state index contributed by atoms with van der Waals surface area (Å²) < 4.78 is 0. The maximum absolute atomic E-state index is 12.1. The van der Waals surface area contributed by atoms with Crippen molar-refractivity contribution in [3.05, 3.63) is 15.6 Å². The first-order valence-corrected chi connectivity index (χ1v) is 7.21. The minimum atomic E-state index is -0.0940. The third-order valence-electron chi connectivity index (χ3n) is 3.73. The van der Waals surface area contributed by atoms with Gasteiger partial charge < -0.3 is 10.4 Å².